The molecule has 15 heavy (non-hydrogen) atoms. The first-order chi connectivity index (χ1) is 7.26. The Labute approximate surface area is 94.4 Å². The Morgan fingerprint density at radius 1 is 1.33 bits per heavy atom. The van der Waals surface area contributed by atoms with Crippen LogP contribution in [0.3, 0.4) is 0 Å². The molecule has 1 N–H and O–H groups in total. The normalized spacial score (nSPS) is 38.2. The molecule has 4 atom stereocenters. The summed E-state index contributed by atoms with van der Waals surface area (Å²) in [5.74, 6) is 2.75. The van der Waals surface area contributed by atoms with E-state index in [-0.39, 0.29) is 0 Å². The molecule has 2 nitrogen and oxygen atoms in total. The van der Waals surface area contributed by atoms with Crippen LogP contribution in [0.25, 0.3) is 0 Å². The van der Waals surface area contributed by atoms with Gasteiger partial charge in [-0.25, -0.2) is 0 Å². The molecule has 2 saturated heterocycles. The molecule has 0 aromatic rings. The Morgan fingerprint density at radius 2 is 2.13 bits per heavy atom. The number of fused-ring (bicyclic) bond motifs is 1. The lowest BCUT2D eigenvalue weighted by atomic mass is 9.92. The Morgan fingerprint density at radius 3 is 2.80 bits per heavy atom. The van der Waals surface area contributed by atoms with Gasteiger partial charge < -0.3 is 5.32 Å². The summed E-state index contributed by atoms with van der Waals surface area (Å²) < 4.78 is 0. The van der Waals surface area contributed by atoms with Gasteiger partial charge in [-0.3, -0.25) is 4.90 Å². The second-order valence-electron chi connectivity index (χ2n) is 5.53. The third-order valence-corrected chi connectivity index (χ3v) is 4.49. The fourth-order valence-electron chi connectivity index (χ4n) is 3.41. The van der Waals surface area contributed by atoms with Crippen LogP contribution in [0.1, 0.15) is 33.6 Å². The highest BCUT2D eigenvalue weighted by molar-refractivity contribution is 4.98. The molecule has 0 aromatic heterocycles. The molecule has 0 bridgehead atoms. The summed E-state index contributed by atoms with van der Waals surface area (Å²) in [6.07, 6.45) is 2.65. The number of hydrogen-bond donors (Lipinski definition) is 1. The van der Waals surface area contributed by atoms with Crippen LogP contribution in [-0.2, 0) is 0 Å². The summed E-state index contributed by atoms with van der Waals surface area (Å²) in [5.41, 5.74) is 0. The minimum absolute atomic E-state index is 0.860. The fraction of sp³-hybridized carbons (Fsp3) is 1.00. The van der Waals surface area contributed by atoms with Crippen molar-refractivity contribution >= 4 is 0 Å². The van der Waals surface area contributed by atoms with E-state index < -0.39 is 0 Å². The van der Waals surface area contributed by atoms with Gasteiger partial charge in [-0.1, -0.05) is 27.2 Å². The molecule has 0 aromatic carbocycles. The lowest BCUT2D eigenvalue weighted by Gasteiger charge is -2.28. The maximum absolute atomic E-state index is 3.55. The van der Waals surface area contributed by atoms with Crippen LogP contribution in [0.15, 0.2) is 0 Å². The van der Waals surface area contributed by atoms with E-state index in [1.165, 1.54) is 39.0 Å². The van der Waals surface area contributed by atoms with Gasteiger partial charge in [0.05, 0.1) is 0 Å². The van der Waals surface area contributed by atoms with Crippen molar-refractivity contribution in [1.82, 2.24) is 10.2 Å². The summed E-state index contributed by atoms with van der Waals surface area (Å²) in [5, 5.41) is 3.55. The molecule has 0 amide bonds. The maximum Gasteiger partial charge on any atom is 0.0137 e. The lowest BCUT2D eigenvalue weighted by molar-refractivity contribution is 0.190. The van der Waals surface area contributed by atoms with Crippen molar-refractivity contribution in [1.29, 1.82) is 0 Å². The summed E-state index contributed by atoms with van der Waals surface area (Å²) in [4.78, 5) is 2.77. The van der Waals surface area contributed by atoms with Gasteiger partial charge in [-0.2, -0.15) is 0 Å². The quantitative estimate of drug-likeness (QED) is 0.763. The van der Waals surface area contributed by atoms with E-state index in [2.05, 4.69) is 31.0 Å². The Bertz CT molecular complexity index is 203. The molecule has 0 spiro atoms. The third-order valence-electron chi connectivity index (χ3n) is 4.49. The Balaban J connectivity index is 1.95. The first-order valence-electron chi connectivity index (χ1n) is 6.71. The fourth-order valence-corrected chi connectivity index (χ4v) is 3.41. The van der Waals surface area contributed by atoms with Gasteiger partial charge in [0.15, 0.2) is 0 Å². The van der Waals surface area contributed by atoms with Gasteiger partial charge in [0.25, 0.3) is 0 Å². The van der Waals surface area contributed by atoms with Crippen LogP contribution in [0.5, 0.6) is 0 Å². The summed E-state index contributed by atoms with van der Waals surface area (Å²) in [6, 6.07) is 0.860. The van der Waals surface area contributed by atoms with Gasteiger partial charge in [0.1, 0.15) is 0 Å². The lowest BCUT2D eigenvalue weighted by Crippen LogP contribution is -2.37. The van der Waals surface area contributed by atoms with Crippen LogP contribution in [-0.4, -0.2) is 37.1 Å². The summed E-state index contributed by atoms with van der Waals surface area (Å²) >= 11 is 0. The highest BCUT2D eigenvalue weighted by Gasteiger charge is 2.42. The van der Waals surface area contributed by atoms with Gasteiger partial charge in [0.2, 0.25) is 0 Å². The number of rotatable bonds is 4. The first kappa shape index (κ1) is 11.4. The van der Waals surface area contributed by atoms with Crippen molar-refractivity contribution in [2.75, 3.05) is 26.2 Å². The molecule has 0 radical (unpaired) electrons. The van der Waals surface area contributed by atoms with Crippen molar-refractivity contribution in [2.45, 2.75) is 39.7 Å². The molecule has 0 aliphatic carbocycles. The SMILES string of the molecule is CCC(C)CN1CC2CNCC2C1CC. The molecule has 2 rings (SSSR count). The highest BCUT2D eigenvalue weighted by atomic mass is 15.2. The first-order valence-corrected chi connectivity index (χ1v) is 6.71. The van der Waals surface area contributed by atoms with E-state index in [4.69, 9.17) is 0 Å². The van der Waals surface area contributed by atoms with E-state index in [1.807, 2.05) is 0 Å². The molecule has 4 unspecified atom stereocenters. The summed E-state index contributed by atoms with van der Waals surface area (Å²) in [6.45, 7) is 12.2. The van der Waals surface area contributed by atoms with Crippen LogP contribution in [0.4, 0.5) is 0 Å². The molecule has 2 fully saturated rings. The number of likely N-dealkylation sites (tertiary alicyclic amines) is 1. The minimum atomic E-state index is 0.860. The van der Waals surface area contributed by atoms with Crippen LogP contribution < -0.4 is 5.32 Å². The highest BCUT2D eigenvalue weighted by Crippen LogP contribution is 2.34. The molecule has 2 heterocycles. The molecule has 2 heteroatoms. The zero-order valence-electron chi connectivity index (χ0n) is 10.5. The number of hydrogen-bond acceptors (Lipinski definition) is 2. The van der Waals surface area contributed by atoms with E-state index in [9.17, 15) is 0 Å². The summed E-state index contributed by atoms with van der Waals surface area (Å²) in [7, 11) is 0. The van der Waals surface area contributed by atoms with Crippen LogP contribution >= 0.6 is 0 Å². The van der Waals surface area contributed by atoms with Crippen molar-refractivity contribution in [3.63, 3.8) is 0 Å². The second-order valence-corrected chi connectivity index (χ2v) is 5.53. The predicted molar refractivity (Wildman–Crippen MR) is 65.0 cm³/mol. The molecular formula is C13H26N2. The average molecular weight is 210 g/mol. The minimum Gasteiger partial charge on any atom is -0.316 e. The molecule has 88 valence electrons. The second kappa shape index (κ2) is 4.84. The van der Waals surface area contributed by atoms with Crippen molar-refractivity contribution in [2.24, 2.45) is 17.8 Å². The van der Waals surface area contributed by atoms with Gasteiger partial charge in [-0.15, -0.1) is 0 Å². The number of nitrogens with zero attached hydrogens (tertiary/aromatic N) is 1. The Hall–Kier alpha value is -0.0800. The van der Waals surface area contributed by atoms with E-state index in [1.54, 1.807) is 0 Å². The zero-order valence-corrected chi connectivity index (χ0v) is 10.5. The van der Waals surface area contributed by atoms with Crippen LogP contribution in [0.2, 0.25) is 0 Å². The maximum atomic E-state index is 3.55. The predicted octanol–water partition coefficient (Wildman–Crippen LogP) is 1.96. The third kappa shape index (κ3) is 2.21. The van der Waals surface area contributed by atoms with E-state index in [0.29, 0.717) is 0 Å². The smallest absolute Gasteiger partial charge is 0.0137 e. The van der Waals surface area contributed by atoms with Gasteiger partial charge in [-0.05, 0) is 37.3 Å². The van der Waals surface area contributed by atoms with E-state index >= 15 is 0 Å². The topological polar surface area (TPSA) is 15.3 Å². The van der Waals surface area contributed by atoms with Gasteiger partial charge >= 0.3 is 0 Å². The Kier molecular flexibility index (Phi) is 3.68. The molecular weight excluding hydrogens is 184 g/mol. The van der Waals surface area contributed by atoms with Gasteiger partial charge in [0, 0.05) is 19.1 Å². The largest absolute Gasteiger partial charge is 0.316 e. The molecule has 2 aliphatic rings. The van der Waals surface area contributed by atoms with Crippen molar-refractivity contribution < 1.29 is 0 Å². The standard InChI is InChI=1S/C13H26N2/c1-4-10(3)8-15-9-11-6-14-7-12(11)13(15)5-2/h10-14H,4-9H2,1-3H3. The van der Waals surface area contributed by atoms with E-state index in [0.717, 1.165) is 23.8 Å². The monoisotopic (exact) mass is 210 g/mol. The van der Waals surface area contributed by atoms with Crippen LogP contribution in [0, 0.1) is 17.8 Å². The number of nitrogens with one attached hydrogen (secondary N) is 1. The average Bonchev–Trinajstić information content (AvgIpc) is 2.77. The van der Waals surface area contributed by atoms with Crippen molar-refractivity contribution in [3.05, 3.63) is 0 Å². The molecule has 0 saturated carbocycles. The zero-order chi connectivity index (χ0) is 10.8. The molecule has 2 aliphatic heterocycles. The van der Waals surface area contributed by atoms with Crippen molar-refractivity contribution in [3.8, 4) is 0 Å².